The summed E-state index contributed by atoms with van der Waals surface area (Å²) in [6.45, 7) is 2.04. The summed E-state index contributed by atoms with van der Waals surface area (Å²) in [6, 6.07) is 7.72. The summed E-state index contributed by atoms with van der Waals surface area (Å²) >= 11 is 17.2. The number of aromatic nitrogens is 2. The number of hydrogen-bond acceptors (Lipinski definition) is 3. The van der Waals surface area contributed by atoms with Crippen LogP contribution in [0.15, 0.2) is 33.6 Å². The van der Waals surface area contributed by atoms with Gasteiger partial charge in [-0.05, 0) is 34.5 Å². The van der Waals surface area contributed by atoms with Gasteiger partial charge in [0.2, 0.25) is 0 Å². The van der Waals surface area contributed by atoms with Crippen molar-refractivity contribution in [2.45, 2.75) is 24.0 Å². The number of hydrogen-bond donors (Lipinski definition) is 0. The van der Waals surface area contributed by atoms with E-state index in [4.69, 9.17) is 23.2 Å². The summed E-state index contributed by atoms with van der Waals surface area (Å²) < 4.78 is 0.781. The van der Waals surface area contributed by atoms with Gasteiger partial charge in [-0.3, -0.25) is 0 Å². The molecule has 0 bridgehead atoms. The van der Waals surface area contributed by atoms with Gasteiger partial charge in [-0.1, -0.05) is 42.3 Å². The molecule has 0 N–H and O–H groups in total. The smallest absolute Gasteiger partial charge is 0.147 e. The molecule has 1 aromatic carbocycles. The van der Waals surface area contributed by atoms with Crippen LogP contribution in [0, 0.1) is 0 Å². The minimum absolute atomic E-state index is 0.460. The summed E-state index contributed by atoms with van der Waals surface area (Å²) in [5.41, 5.74) is 0.926. The van der Waals surface area contributed by atoms with Crippen molar-refractivity contribution in [2.24, 2.45) is 0 Å². The maximum atomic E-state index is 6.11. The van der Waals surface area contributed by atoms with E-state index in [0.717, 1.165) is 32.3 Å². The van der Waals surface area contributed by atoms with E-state index in [1.807, 2.05) is 31.2 Å². The van der Waals surface area contributed by atoms with Gasteiger partial charge in [0.1, 0.15) is 11.0 Å². The third kappa shape index (κ3) is 3.85. The molecule has 0 spiro atoms. The number of benzene rings is 1. The van der Waals surface area contributed by atoms with Crippen LogP contribution in [0.1, 0.15) is 18.4 Å². The predicted molar refractivity (Wildman–Crippen MR) is 85.1 cm³/mol. The summed E-state index contributed by atoms with van der Waals surface area (Å²) in [5, 5.41) is 1.20. The minimum Gasteiger partial charge on any atom is -0.236 e. The standard InChI is InChI=1S/C13H11BrCl2N2S/c1-2-9-12(14)13(16)18-11(17-9)7-19-10-6-4-3-5-8(10)15/h3-6H,2,7H2,1H3. The van der Waals surface area contributed by atoms with Gasteiger partial charge in [-0.25, -0.2) is 9.97 Å². The van der Waals surface area contributed by atoms with Crippen molar-refractivity contribution in [2.75, 3.05) is 0 Å². The summed E-state index contributed by atoms with van der Waals surface area (Å²) in [6.07, 6.45) is 0.812. The molecule has 2 nitrogen and oxygen atoms in total. The second kappa shape index (κ2) is 6.93. The van der Waals surface area contributed by atoms with E-state index in [2.05, 4.69) is 25.9 Å². The zero-order valence-corrected chi connectivity index (χ0v) is 14.1. The number of thioether (sulfide) groups is 1. The second-order valence-electron chi connectivity index (χ2n) is 3.76. The Balaban J connectivity index is 2.16. The average Bonchev–Trinajstić information content (AvgIpc) is 2.41. The highest BCUT2D eigenvalue weighted by atomic mass is 79.9. The van der Waals surface area contributed by atoms with Crippen molar-refractivity contribution >= 4 is 50.9 Å². The Kier molecular flexibility index (Phi) is 5.51. The first-order valence-electron chi connectivity index (χ1n) is 5.70. The lowest BCUT2D eigenvalue weighted by molar-refractivity contribution is 0.928. The molecule has 19 heavy (non-hydrogen) atoms. The molecule has 0 radical (unpaired) electrons. The Morgan fingerprint density at radius 3 is 2.63 bits per heavy atom. The van der Waals surface area contributed by atoms with Crippen LogP contribution < -0.4 is 0 Å². The molecule has 2 aromatic rings. The Bertz CT molecular complexity index is 593. The van der Waals surface area contributed by atoms with Crippen LogP contribution in [0.25, 0.3) is 0 Å². The van der Waals surface area contributed by atoms with Gasteiger partial charge < -0.3 is 0 Å². The minimum atomic E-state index is 0.460. The monoisotopic (exact) mass is 376 g/mol. The molecule has 2 rings (SSSR count). The lowest BCUT2D eigenvalue weighted by Gasteiger charge is -2.07. The fourth-order valence-corrected chi connectivity index (χ4v) is 3.27. The van der Waals surface area contributed by atoms with Crippen molar-refractivity contribution in [1.82, 2.24) is 9.97 Å². The summed E-state index contributed by atoms with van der Waals surface area (Å²) in [4.78, 5) is 9.78. The van der Waals surface area contributed by atoms with Crippen LogP contribution >= 0.6 is 50.9 Å². The van der Waals surface area contributed by atoms with Crippen LogP contribution in [-0.2, 0) is 12.2 Å². The lowest BCUT2D eigenvalue weighted by atomic mass is 10.3. The van der Waals surface area contributed by atoms with Crippen LogP contribution in [0.4, 0.5) is 0 Å². The fourth-order valence-electron chi connectivity index (χ4n) is 1.51. The van der Waals surface area contributed by atoms with Crippen molar-refractivity contribution in [3.63, 3.8) is 0 Å². The third-order valence-corrected chi connectivity index (χ3v) is 5.30. The number of aryl methyl sites for hydroxylation is 1. The van der Waals surface area contributed by atoms with Gasteiger partial charge in [-0.2, -0.15) is 0 Å². The van der Waals surface area contributed by atoms with E-state index in [1.165, 1.54) is 0 Å². The highest BCUT2D eigenvalue weighted by Crippen LogP contribution is 2.30. The normalized spacial score (nSPS) is 10.7. The van der Waals surface area contributed by atoms with Crippen LogP contribution in [-0.4, -0.2) is 9.97 Å². The SMILES string of the molecule is CCc1nc(CSc2ccccc2Cl)nc(Cl)c1Br. The van der Waals surface area contributed by atoms with Gasteiger partial charge in [0.05, 0.1) is 20.9 Å². The highest BCUT2D eigenvalue weighted by Gasteiger charge is 2.10. The molecule has 1 heterocycles. The van der Waals surface area contributed by atoms with Gasteiger partial charge in [0.15, 0.2) is 0 Å². The van der Waals surface area contributed by atoms with Crippen molar-refractivity contribution in [3.8, 4) is 0 Å². The molecule has 6 heteroatoms. The molecule has 100 valence electrons. The van der Waals surface area contributed by atoms with Gasteiger partial charge in [0, 0.05) is 4.90 Å². The fraction of sp³-hybridized carbons (Fsp3) is 0.231. The summed E-state index contributed by atoms with van der Waals surface area (Å²) in [5.74, 6) is 1.36. The van der Waals surface area contributed by atoms with Gasteiger partial charge in [0.25, 0.3) is 0 Å². The number of halogens is 3. The molecule has 0 aliphatic carbocycles. The van der Waals surface area contributed by atoms with E-state index in [-0.39, 0.29) is 0 Å². The van der Waals surface area contributed by atoms with Gasteiger partial charge in [-0.15, -0.1) is 11.8 Å². The van der Waals surface area contributed by atoms with Gasteiger partial charge >= 0.3 is 0 Å². The van der Waals surface area contributed by atoms with E-state index in [9.17, 15) is 0 Å². The molecule has 0 unspecified atom stereocenters. The molecule has 0 fully saturated rings. The Morgan fingerprint density at radius 2 is 1.95 bits per heavy atom. The molecule has 0 aliphatic heterocycles. The highest BCUT2D eigenvalue weighted by molar-refractivity contribution is 9.10. The maximum absolute atomic E-state index is 6.11. The Hall–Kier alpha value is -0.290. The van der Waals surface area contributed by atoms with Crippen molar-refractivity contribution in [1.29, 1.82) is 0 Å². The predicted octanol–water partition coefficient (Wildman–Crippen LogP) is 5.40. The first-order valence-corrected chi connectivity index (χ1v) is 8.23. The molecule has 0 atom stereocenters. The number of rotatable bonds is 4. The first kappa shape index (κ1) is 15.1. The number of nitrogens with zero attached hydrogens (tertiary/aromatic N) is 2. The van der Waals surface area contributed by atoms with E-state index in [0.29, 0.717) is 10.9 Å². The topological polar surface area (TPSA) is 25.8 Å². The molecule has 0 saturated carbocycles. The molecule has 0 saturated heterocycles. The Labute approximate surface area is 135 Å². The molecule has 0 aliphatic rings. The quantitative estimate of drug-likeness (QED) is 0.526. The van der Waals surface area contributed by atoms with Crippen molar-refractivity contribution in [3.05, 3.63) is 50.4 Å². The third-order valence-electron chi connectivity index (χ3n) is 2.45. The van der Waals surface area contributed by atoms with E-state index < -0.39 is 0 Å². The van der Waals surface area contributed by atoms with Crippen LogP contribution in [0.2, 0.25) is 10.2 Å². The average molecular weight is 378 g/mol. The van der Waals surface area contributed by atoms with Crippen LogP contribution in [0.5, 0.6) is 0 Å². The summed E-state index contributed by atoms with van der Waals surface area (Å²) in [7, 11) is 0. The lowest BCUT2D eigenvalue weighted by Crippen LogP contribution is -1.99. The zero-order valence-electron chi connectivity index (χ0n) is 10.2. The first-order chi connectivity index (χ1) is 9.11. The second-order valence-corrected chi connectivity index (χ2v) is 6.34. The maximum Gasteiger partial charge on any atom is 0.147 e. The molecule has 1 aromatic heterocycles. The van der Waals surface area contributed by atoms with Crippen molar-refractivity contribution < 1.29 is 0 Å². The molecular formula is C13H11BrCl2N2S. The van der Waals surface area contributed by atoms with Crippen LogP contribution in [0.3, 0.4) is 0 Å². The van der Waals surface area contributed by atoms with E-state index in [1.54, 1.807) is 11.8 Å². The zero-order chi connectivity index (χ0) is 13.8. The van der Waals surface area contributed by atoms with E-state index >= 15 is 0 Å². The molecule has 0 amide bonds. The Morgan fingerprint density at radius 1 is 1.21 bits per heavy atom. The largest absolute Gasteiger partial charge is 0.236 e. The molecular weight excluding hydrogens is 367 g/mol.